The fourth-order valence-electron chi connectivity index (χ4n) is 1.63. The van der Waals surface area contributed by atoms with E-state index in [4.69, 9.17) is 14.6 Å². The molecule has 0 atom stereocenters. The summed E-state index contributed by atoms with van der Waals surface area (Å²) in [6, 6.07) is 5.36. The van der Waals surface area contributed by atoms with Gasteiger partial charge in [0, 0.05) is 30.2 Å². The minimum atomic E-state index is -0.320. The van der Waals surface area contributed by atoms with Crippen molar-refractivity contribution >= 4 is 5.91 Å². The third-order valence-electron chi connectivity index (χ3n) is 3.04. The fourth-order valence-corrected chi connectivity index (χ4v) is 1.63. The van der Waals surface area contributed by atoms with Gasteiger partial charge in [0.15, 0.2) is 0 Å². The van der Waals surface area contributed by atoms with Crippen LogP contribution >= 0.6 is 0 Å². The van der Waals surface area contributed by atoms with E-state index < -0.39 is 0 Å². The lowest BCUT2D eigenvalue weighted by Gasteiger charge is -2.22. The number of hydrogen-bond donors (Lipinski definition) is 2. The fraction of sp³-hybridized carbons (Fsp3) is 0.533. The average Bonchev–Trinajstić information content (AvgIpc) is 2.45. The van der Waals surface area contributed by atoms with Crippen molar-refractivity contribution in [3.05, 3.63) is 23.8 Å². The van der Waals surface area contributed by atoms with Crippen molar-refractivity contribution in [3.8, 4) is 11.5 Å². The molecular formula is C15H23NO4. The minimum Gasteiger partial charge on any atom is -0.497 e. The Bertz CT molecular complexity index is 457. The van der Waals surface area contributed by atoms with E-state index >= 15 is 0 Å². The van der Waals surface area contributed by atoms with Crippen LogP contribution in [0.4, 0.5) is 0 Å². The molecule has 0 saturated heterocycles. The highest BCUT2D eigenvalue weighted by Gasteiger charge is 2.18. The Morgan fingerprint density at radius 2 is 2.00 bits per heavy atom. The predicted octanol–water partition coefficient (Wildman–Crippen LogP) is 1.38. The largest absolute Gasteiger partial charge is 0.497 e. The van der Waals surface area contributed by atoms with Crippen LogP contribution in [-0.2, 0) is 11.2 Å². The second kappa shape index (κ2) is 7.14. The van der Waals surface area contributed by atoms with Gasteiger partial charge < -0.3 is 19.9 Å². The molecule has 0 bridgehead atoms. The number of aliphatic hydroxyl groups excluding tert-OH is 1. The van der Waals surface area contributed by atoms with Gasteiger partial charge in [0.2, 0.25) is 5.91 Å². The minimum absolute atomic E-state index is 0.0269. The Labute approximate surface area is 119 Å². The molecular weight excluding hydrogens is 258 g/mol. The van der Waals surface area contributed by atoms with Crippen LogP contribution in [0.3, 0.4) is 0 Å². The SMILES string of the molecule is COc1ccc(CC(=O)NCC(C)(C)CO)c(OC)c1. The highest BCUT2D eigenvalue weighted by atomic mass is 16.5. The molecule has 5 nitrogen and oxygen atoms in total. The number of hydrogen-bond acceptors (Lipinski definition) is 4. The number of benzene rings is 1. The number of ether oxygens (including phenoxy) is 2. The molecule has 1 aromatic carbocycles. The molecule has 0 aromatic heterocycles. The molecule has 0 saturated carbocycles. The number of methoxy groups -OCH3 is 2. The maximum absolute atomic E-state index is 11.9. The van der Waals surface area contributed by atoms with Crippen LogP contribution in [0.15, 0.2) is 18.2 Å². The summed E-state index contributed by atoms with van der Waals surface area (Å²) in [6.45, 7) is 4.24. The number of amides is 1. The summed E-state index contributed by atoms with van der Waals surface area (Å²) in [5, 5.41) is 12.0. The Morgan fingerprint density at radius 1 is 1.30 bits per heavy atom. The molecule has 0 unspecified atom stereocenters. The summed E-state index contributed by atoms with van der Waals surface area (Å²) in [5.41, 5.74) is 0.479. The van der Waals surface area contributed by atoms with Gasteiger partial charge in [-0.2, -0.15) is 0 Å². The zero-order valence-corrected chi connectivity index (χ0v) is 12.5. The first-order chi connectivity index (χ1) is 9.41. The molecule has 0 aliphatic heterocycles. The van der Waals surface area contributed by atoms with Crippen molar-refractivity contribution in [3.63, 3.8) is 0 Å². The van der Waals surface area contributed by atoms with Crippen molar-refractivity contribution in [2.75, 3.05) is 27.4 Å². The van der Waals surface area contributed by atoms with Crippen LogP contribution in [0.5, 0.6) is 11.5 Å². The van der Waals surface area contributed by atoms with Gasteiger partial charge in [0.1, 0.15) is 11.5 Å². The van der Waals surface area contributed by atoms with Gasteiger partial charge in [-0.3, -0.25) is 4.79 Å². The lowest BCUT2D eigenvalue weighted by atomic mass is 9.95. The third-order valence-corrected chi connectivity index (χ3v) is 3.04. The van der Waals surface area contributed by atoms with Crippen molar-refractivity contribution in [1.29, 1.82) is 0 Å². The standard InChI is InChI=1S/C15H23NO4/c1-15(2,10-17)9-16-14(18)7-11-5-6-12(19-3)8-13(11)20-4/h5-6,8,17H,7,9-10H2,1-4H3,(H,16,18). The molecule has 0 spiro atoms. The molecule has 0 heterocycles. The molecule has 0 fully saturated rings. The van der Waals surface area contributed by atoms with E-state index in [2.05, 4.69) is 5.32 Å². The summed E-state index contributed by atoms with van der Waals surface area (Å²) < 4.78 is 10.4. The second-order valence-electron chi connectivity index (χ2n) is 5.45. The van der Waals surface area contributed by atoms with Crippen molar-refractivity contribution < 1.29 is 19.4 Å². The second-order valence-corrected chi connectivity index (χ2v) is 5.45. The van der Waals surface area contributed by atoms with Crippen LogP contribution in [0.2, 0.25) is 0 Å². The number of nitrogens with one attached hydrogen (secondary N) is 1. The van der Waals surface area contributed by atoms with Gasteiger partial charge in [-0.15, -0.1) is 0 Å². The third kappa shape index (κ3) is 4.74. The lowest BCUT2D eigenvalue weighted by Crippen LogP contribution is -2.36. The zero-order chi connectivity index (χ0) is 15.2. The topological polar surface area (TPSA) is 67.8 Å². The van der Waals surface area contributed by atoms with Gasteiger partial charge in [-0.05, 0) is 6.07 Å². The van der Waals surface area contributed by atoms with Crippen molar-refractivity contribution in [2.45, 2.75) is 20.3 Å². The first-order valence-corrected chi connectivity index (χ1v) is 6.50. The van der Waals surface area contributed by atoms with Gasteiger partial charge in [-0.1, -0.05) is 19.9 Å². The Balaban J connectivity index is 2.66. The zero-order valence-electron chi connectivity index (χ0n) is 12.5. The van der Waals surface area contributed by atoms with Gasteiger partial charge in [0.05, 0.1) is 20.6 Å². The molecule has 20 heavy (non-hydrogen) atoms. The molecule has 1 amide bonds. The molecule has 1 rings (SSSR count). The van der Waals surface area contributed by atoms with Crippen LogP contribution in [0.25, 0.3) is 0 Å². The Morgan fingerprint density at radius 3 is 2.55 bits per heavy atom. The summed E-state index contributed by atoms with van der Waals surface area (Å²) in [7, 11) is 3.14. The van der Waals surface area contributed by atoms with Crippen LogP contribution < -0.4 is 14.8 Å². The number of carbonyl (C=O) groups is 1. The maximum Gasteiger partial charge on any atom is 0.224 e. The van der Waals surface area contributed by atoms with Crippen LogP contribution in [0, 0.1) is 5.41 Å². The lowest BCUT2D eigenvalue weighted by molar-refractivity contribution is -0.121. The van der Waals surface area contributed by atoms with E-state index in [1.54, 1.807) is 26.4 Å². The molecule has 0 aliphatic carbocycles. The predicted molar refractivity (Wildman–Crippen MR) is 77.1 cm³/mol. The van der Waals surface area contributed by atoms with Crippen molar-refractivity contribution in [2.24, 2.45) is 5.41 Å². The van der Waals surface area contributed by atoms with Crippen molar-refractivity contribution in [1.82, 2.24) is 5.32 Å². The van der Waals surface area contributed by atoms with Crippen LogP contribution in [-0.4, -0.2) is 38.4 Å². The molecule has 1 aromatic rings. The Hall–Kier alpha value is -1.75. The van der Waals surface area contributed by atoms with E-state index in [1.165, 1.54) is 0 Å². The summed E-state index contributed by atoms with van der Waals surface area (Å²) >= 11 is 0. The molecule has 2 N–H and O–H groups in total. The number of carbonyl (C=O) groups excluding carboxylic acids is 1. The monoisotopic (exact) mass is 281 g/mol. The van der Waals surface area contributed by atoms with E-state index in [0.717, 1.165) is 5.56 Å². The Kier molecular flexibility index (Phi) is 5.82. The van der Waals surface area contributed by atoms with E-state index in [1.807, 2.05) is 19.9 Å². The average molecular weight is 281 g/mol. The molecule has 5 heteroatoms. The van der Waals surface area contributed by atoms with Gasteiger partial charge in [0.25, 0.3) is 0 Å². The summed E-state index contributed by atoms with van der Waals surface area (Å²) in [4.78, 5) is 11.9. The van der Waals surface area contributed by atoms with Gasteiger partial charge in [-0.25, -0.2) is 0 Å². The molecule has 112 valence electrons. The quantitative estimate of drug-likeness (QED) is 0.792. The maximum atomic E-state index is 11.9. The summed E-state index contributed by atoms with van der Waals surface area (Å²) in [6.07, 6.45) is 0.231. The first kappa shape index (κ1) is 16.3. The highest BCUT2D eigenvalue weighted by molar-refractivity contribution is 5.79. The first-order valence-electron chi connectivity index (χ1n) is 6.50. The molecule has 0 radical (unpaired) electrons. The van der Waals surface area contributed by atoms with E-state index in [-0.39, 0.29) is 24.3 Å². The highest BCUT2D eigenvalue weighted by Crippen LogP contribution is 2.25. The van der Waals surface area contributed by atoms with Crippen LogP contribution in [0.1, 0.15) is 19.4 Å². The summed E-state index contributed by atoms with van der Waals surface area (Å²) in [5.74, 6) is 1.21. The number of aliphatic hydroxyl groups is 1. The van der Waals surface area contributed by atoms with E-state index in [9.17, 15) is 4.79 Å². The normalized spacial score (nSPS) is 11.1. The molecule has 0 aliphatic rings. The van der Waals surface area contributed by atoms with E-state index in [0.29, 0.717) is 18.0 Å². The smallest absolute Gasteiger partial charge is 0.224 e. The van der Waals surface area contributed by atoms with Gasteiger partial charge >= 0.3 is 0 Å². The number of rotatable bonds is 7.